The van der Waals surface area contributed by atoms with Crippen molar-refractivity contribution in [3.8, 4) is 5.75 Å². The van der Waals surface area contributed by atoms with Gasteiger partial charge in [-0.3, -0.25) is 4.79 Å². The Hall–Kier alpha value is -0.970. The Bertz CT molecular complexity index is 372. The molecule has 6 heteroatoms. The molecular formula is C9H9Cl2NO3. The standard InChI is InChI=1S/C9H9Cl2NO3/c10-5-1-4(2-6(11)8(5)13)3-7(12)9(14)15/h1-2,7,13H,3,12H2,(H,14,15)/t7-/m0/s1/i1+1,2+1,3+1,4+1,5+1,6+1,7+1,8+1,9+1,12+1. The number of hydrogen-bond donors (Lipinski definition) is 3. The SMILES string of the molecule is [15NH2][13C@@H]([13CH2][13c]1[13cH][13c](Cl)[13c](O)[13c](Cl)[13cH]1)[13C](=O)O. The fourth-order valence-electron chi connectivity index (χ4n) is 1.08. The third-order valence-corrected chi connectivity index (χ3v) is 2.43. The summed E-state index contributed by atoms with van der Waals surface area (Å²) in [5, 5.41) is 18.0. The van der Waals surface area contributed by atoms with Crippen molar-refractivity contribution in [3.05, 3.63) is 27.7 Å². The number of phenols is 1. The predicted molar refractivity (Wildman–Crippen MR) is 57.4 cm³/mol. The van der Waals surface area contributed by atoms with Gasteiger partial charge in [-0.05, 0) is 24.1 Å². The molecule has 0 aromatic heterocycles. The summed E-state index contributed by atoms with van der Waals surface area (Å²) in [6.45, 7) is 0. The quantitative estimate of drug-likeness (QED) is 0.570. The summed E-state index contributed by atoms with van der Waals surface area (Å²) in [5.74, 6) is -1.32. The van der Waals surface area contributed by atoms with E-state index in [1.165, 1.54) is 12.1 Å². The van der Waals surface area contributed by atoms with E-state index in [1.807, 2.05) is 0 Å². The molecule has 15 heavy (non-hydrogen) atoms. The summed E-state index contributed by atoms with van der Waals surface area (Å²) in [6, 6.07) is 1.86. The number of halogens is 2. The van der Waals surface area contributed by atoms with Gasteiger partial charge in [-0.25, -0.2) is 0 Å². The van der Waals surface area contributed by atoms with Crippen LogP contribution in [-0.2, 0) is 11.2 Å². The summed E-state index contributed by atoms with van der Waals surface area (Å²) >= 11 is 11.3. The molecule has 82 valence electrons. The van der Waals surface area contributed by atoms with Gasteiger partial charge in [-0.1, -0.05) is 23.2 Å². The van der Waals surface area contributed by atoms with Crippen LogP contribution >= 0.6 is 23.2 Å². The van der Waals surface area contributed by atoms with Crippen molar-refractivity contribution in [1.82, 2.24) is 0 Å². The number of hydrogen-bond acceptors (Lipinski definition) is 3. The fourth-order valence-corrected chi connectivity index (χ4v) is 1.61. The van der Waals surface area contributed by atoms with Crippen molar-refractivity contribution >= 4 is 29.2 Å². The normalized spacial score (nSPS) is 12.5. The number of aromatic hydroxyl groups is 1. The summed E-state index contributed by atoms with van der Waals surface area (Å²) < 4.78 is 0. The van der Waals surface area contributed by atoms with E-state index in [9.17, 15) is 9.90 Å². The molecule has 0 aliphatic rings. The number of nitrogens with two attached hydrogens (primary N) is 1. The lowest BCUT2D eigenvalue weighted by atomic mass is 11.1. The van der Waals surface area contributed by atoms with Crippen LogP contribution in [0.2, 0.25) is 10.0 Å². The average Bonchev–Trinajstić information content (AvgIpc) is 2.13. The summed E-state index contributed by atoms with van der Waals surface area (Å²) in [4.78, 5) is 10.5. The van der Waals surface area contributed by atoms with Crippen LogP contribution in [0, 0.1) is 0 Å². The number of aliphatic carboxylic acids is 1. The zero-order valence-corrected chi connectivity index (χ0v) is 9.09. The van der Waals surface area contributed by atoms with E-state index in [1.54, 1.807) is 0 Å². The van der Waals surface area contributed by atoms with Crippen LogP contribution in [-0.4, -0.2) is 22.2 Å². The molecule has 1 aromatic rings. The van der Waals surface area contributed by atoms with Crippen LogP contribution in [0.5, 0.6) is 5.75 Å². The summed E-state index contributed by atoms with van der Waals surface area (Å²) in [6.07, 6.45) is 0.106. The Morgan fingerprint density at radius 2 is 1.87 bits per heavy atom. The lowest BCUT2D eigenvalue weighted by molar-refractivity contribution is -0.138. The molecule has 1 atom stereocenters. The van der Waals surface area contributed by atoms with Crippen molar-refractivity contribution in [3.63, 3.8) is 0 Å². The van der Waals surface area contributed by atoms with E-state index in [-0.39, 0.29) is 22.2 Å². The second-order valence-corrected chi connectivity index (χ2v) is 3.87. The molecule has 0 aliphatic carbocycles. The second-order valence-electron chi connectivity index (χ2n) is 3.06. The van der Waals surface area contributed by atoms with Gasteiger partial charge in [0.05, 0.1) is 10.0 Å². The third kappa shape index (κ3) is 2.99. The number of carboxylic acid groups (broad SMARTS) is 1. The Morgan fingerprint density at radius 1 is 1.40 bits per heavy atom. The highest BCUT2D eigenvalue weighted by Crippen LogP contribution is 2.32. The molecule has 1 rings (SSSR count). The van der Waals surface area contributed by atoms with Crippen molar-refractivity contribution < 1.29 is 15.0 Å². The number of carbonyl (C=O) groups is 1. The monoisotopic (exact) mass is 259 g/mol. The maximum absolute atomic E-state index is 10.5. The van der Waals surface area contributed by atoms with Crippen molar-refractivity contribution in [2.75, 3.05) is 0 Å². The fraction of sp³-hybridized carbons (Fsp3) is 0.222. The van der Waals surface area contributed by atoms with E-state index in [4.69, 9.17) is 34.0 Å². The van der Waals surface area contributed by atoms with Gasteiger partial charge < -0.3 is 15.9 Å². The molecule has 0 unspecified atom stereocenters. The van der Waals surface area contributed by atoms with Gasteiger partial charge >= 0.3 is 5.97 Å². The largest absolute Gasteiger partial charge is 0.505 e. The highest BCUT2D eigenvalue weighted by atomic mass is 35.5. The smallest absolute Gasteiger partial charge is 0.320 e. The molecule has 0 aliphatic heterocycles. The van der Waals surface area contributed by atoms with Crippen LogP contribution in [0.4, 0.5) is 0 Å². The minimum atomic E-state index is -1.10. The molecule has 0 bridgehead atoms. The number of rotatable bonds is 3. The van der Waals surface area contributed by atoms with E-state index < -0.39 is 12.0 Å². The van der Waals surface area contributed by atoms with Crippen molar-refractivity contribution in [1.29, 1.82) is 0 Å². The Morgan fingerprint density at radius 3 is 2.27 bits per heavy atom. The first-order valence-electron chi connectivity index (χ1n) is 4.07. The van der Waals surface area contributed by atoms with Crippen molar-refractivity contribution in [2.45, 2.75) is 12.5 Å². The van der Waals surface area contributed by atoms with Crippen LogP contribution in [0.15, 0.2) is 12.1 Å². The predicted octanol–water partition coefficient (Wildman–Crippen LogP) is 1.65. The summed E-state index contributed by atoms with van der Waals surface area (Å²) in [7, 11) is 0. The highest BCUT2D eigenvalue weighted by Gasteiger charge is 2.14. The molecule has 0 amide bonds. The van der Waals surface area contributed by atoms with Crippen LogP contribution in [0.25, 0.3) is 0 Å². The molecule has 0 spiro atoms. The van der Waals surface area contributed by atoms with Gasteiger partial charge in [0.1, 0.15) is 6.04 Å². The van der Waals surface area contributed by atoms with E-state index in [2.05, 4.69) is 0 Å². The zero-order chi connectivity index (χ0) is 11.6. The lowest BCUT2D eigenvalue weighted by Gasteiger charge is -2.08. The summed E-state index contributed by atoms with van der Waals surface area (Å²) in [5.41, 5.74) is 5.91. The molecular weight excluding hydrogens is 251 g/mol. The molecule has 4 N–H and O–H groups in total. The van der Waals surface area contributed by atoms with Gasteiger partial charge in [0, 0.05) is 0 Å². The first kappa shape index (κ1) is 12.1. The highest BCUT2D eigenvalue weighted by molar-refractivity contribution is 6.37. The molecule has 1 aromatic carbocycles. The van der Waals surface area contributed by atoms with Gasteiger partial charge in [-0.15, -0.1) is 0 Å². The average molecular weight is 260 g/mol. The van der Waals surface area contributed by atoms with Crippen LogP contribution in [0.3, 0.4) is 0 Å². The van der Waals surface area contributed by atoms with Gasteiger partial charge in [0.15, 0.2) is 5.75 Å². The van der Waals surface area contributed by atoms with Gasteiger partial charge in [0.2, 0.25) is 0 Å². The van der Waals surface area contributed by atoms with Gasteiger partial charge in [0.25, 0.3) is 0 Å². The maximum atomic E-state index is 10.5. The third-order valence-electron chi connectivity index (χ3n) is 1.85. The molecule has 0 saturated heterocycles. The van der Waals surface area contributed by atoms with Crippen LogP contribution in [0.1, 0.15) is 5.56 Å². The second kappa shape index (κ2) is 4.70. The molecule has 0 fully saturated rings. The minimum Gasteiger partial charge on any atom is -0.505 e. The molecule has 0 radical (unpaired) electrons. The maximum Gasteiger partial charge on any atom is 0.320 e. The lowest BCUT2D eigenvalue weighted by Crippen LogP contribution is -2.32. The first-order valence-corrected chi connectivity index (χ1v) is 4.82. The van der Waals surface area contributed by atoms with E-state index >= 15 is 0 Å². The van der Waals surface area contributed by atoms with E-state index in [0.717, 1.165) is 0 Å². The Labute approximate surface area is 96.2 Å². The van der Waals surface area contributed by atoms with Crippen LogP contribution < -0.4 is 5.73 Å². The minimum absolute atomic E-state index is 0.0788. The van der Waals surface area contributed by atoms with Crippen molar-refractivity contribution in [2.24, 2.45) is 5.73 Å². The number of benzene rings is 1. The number of phenolic OH excluding ortho intramolecular Hbond substituents is 1. The first-order chi connectivity index (χ1) is 6.91. The zero-order valence-electron chi connectivity index (χ0n) is 7.58. The van der Waals surface area contributed by atoms with Gasteiger partial charge in [-0.2, -0.15) is 0 Å². The Balaban J connectivity index is 2.92. The topological polar surface area (TPSA) is 83.5 Å². The van der Waals surface area contributed by atoms with E-state index in [0.29, 0.717) is 5.56 Å². The molecule has 4 nitrogen and oxygen atoms in total. The number of carboxylic acids is 1. The Kier molecular flexibility index (Phi) is 3.79. The molecule has 0 saturated carbocycles. The molecule has 0 heterocycles.